The Balaban J connectivity index is 0. The number of benzene rings is 2. The molecular weight excluding hydrogens is 315 g/mol. The third-order valence-corrected chi connectivity index (χ3v) is 2.42. The summed E-state index contributed by atoms with van der Waals surface area (Å²) in [5, 5.41) is -0.933. The number of nitrogens with zero attached hydrogens (tertiary/aromatic N) is 1. The van der Waals surface area contributed by atoms with Crippen molar-refractivity contribution >= 4 is 47.1 Å². The average Bonchev–Trinajstić information content (AvgIpc) is 2.40. The van der Waals surface area contributed by atoms with Gasteiger partial charge in [0.05, 0.1) is 0 Å². The predicted octanol–water partition coefficient (Wildman–Crippen LogP) is 0.986. The largest absolute Gasteiger partial charge is 1.00 e. The van der Waals surface area contributed by atoms with E-state index in [0.29, 0.717) is 0 Å². The Hall–Kier alpha value is -0.920. The van der Waals surface area contributed by atoms with Crippen LogP contribution in [0.15, 0.2) is 60.7 Å². The predicted molar refractivity (Wildman–Crippen MR) is 89.1 cm³/mol. The van der Waals surface area contributed by atoms with Crippen molar-refractivity contribution < 1.29 is 40.6 Å². The minimum absolute atomic E-state index is 0. The summed E-state index contributed by atoms with van der Waals surface area (Å²) in [6.45, 7) is 0. The van der Waals surface area contributed by atoms with E-state index in [1.165, 1.54) is 0 Å². The van der Waals surface area contributed by atoms with Crippen molar-refractivity contribution in [2.45, 2.75) is 0 Å². The van der Waals surface area contributed by atoms with Crippen molar-refractivity contribution in [3.63, 3.8) is 0 Å². The van der Waals surface area contributed by atoms with Gasteiger partial charge in [0.1, 0.15) is 0 Å². The number of nitrogens with two attached hydrogens (primary N) is 1. The maximum atomic E-state index is 11.5. The van der Waals surface area contributed by atoms with Gasteiger partial charge in [-0.15, -0.1) is 0 Å². The molecule has 2 aromatic carbocycles. The molecular formula is C14H15N2NaO2S2. The fraction of sp³-hybridized carbons (Fsp3) is 0. The molecule has 0 radical (unpaired) electrons. The molecule has 0 bridgehead atoms. The topological polar surface area (TPSA) is 63.4 Å². The standard InChI is InChI=1S/C13H11NOS.CH3NOS.Na.H/c15-13(16)14(11-7-3-1-4-8-11)12-9-5-2-6-10-12;2-1(3)4;;/h1-10H,(H,15,16);(H3,2,3,4);;/q;;+1;-1. The molecule has 0 aliphatic heterocycles. The Bertz CT molecular complexity index is 530. The molecule has 106 valence electrons. The van der Waals surface area contributed by atoms with E-state index in [1.54, 1.807) is 4.90 Å². The van der Waals surface area contributed by atoms with E-state index < -0.39 is 5.24 Å². The van der Waals surface area contributed by atoms with Crippen LogP contribution in [0.1, 0.15) is 1.43 Å². The summed E-state index contributed by atoms with van der Waals surface area (Å²) >= 11 is 7.01. The number of rotatable bonds is 2. The number of anilines is 2. The minimum atomic E-state index is -0.639. The fourth-order valence-electron chi connectivity index (χ4n) is 1.52. The molecule has 0 saturated heterocycles. The van der Waals surface area contributed by atoms with Crippen LogP contribution in [0.25, 0.3) is 0 Å². The SMILES string of the molecule is NC(=O)S.O=C(S)N(c1ccccc1)c1ccccc1.[H-].[Na+]. The zero-order chi connectivity index (χ0) is 15.0. The molecule has 0 aliphatic rings. The van der Waals surface area contributed by atoms with Crippen LogP contribution in [-0.2, 0) is 0 Å². The summed E-state index contributed by atoms with van der Waals surface area (Å²) in [6.07, 6.45) is 0. The van der Waals surface area contributed by atoms with Crippen LogP contribution in [0.4, 0.5) is 21.0 Å². The van der Waals surface area contributed by atoms with Crippen LogP contribution < -0.4 is 40.2 Å². The molecule has 0 aliphatic carbocycles. The smallest absolute Gasteiger partial charge is 1.00 e. The first-order valence-electron chi connectivity index (χ1n) is 5.64. The summed E-state index contributed by atoms with van der Waals surface area (Å²) < 4.78 is 0. The van der Waals surface area contributed by atoms with Crippen molar-refractivity contribution in [1.82, 2.24) is 0 Å². The van der Waals surface area contributed by atoms with E-state index in [2.05, 4.69) is 31.0 Å². The van der Waals surface area contributed by atoms with Crippen LogP contribution in [-0.4, -0.2) is 10.5 Å². The molecule has 2 amide bonds. The molecule has 21 heavy (non-hydrogen) atoms. The van der Waals surface area contributed by atoms with Crippen LogP contribution in [0.5, 0.6) is 0 Å². The Labute approximate surface area is 158 Å². The molecule has 0 atom stereocenters. The first-order valence-corrected chi connectivity index (χ1v) is 6.53. The van der Waals surface area contributed by atoms with Gasteiger partial charge in [0.15, 0.2) is 0 Å². The van der Waals surface area contributed by atoms with Crippen LogP contribution in [0.3, 0.4) is 0 Å². The molecule has 0 spiro atoms. The molecule has 0 aromatic heterocycles. The molecule has 0 saturated carbocycles. The van der Waals surface area contributed by atoms with E-state index in [9.17, 15) is 4.79 Å². The molecule has 0 fully saturated rings. The Morgan fingerprint density at radius 2 is 1.14 bits per heavy atom. The Morgan fingerprint density at radius 3 is 1.38 bits per heavy atom. The van der Waals surface area contributed by atoms with E-state index in [-0.39, 0.29) is 36.2 Å². The average molecular weight is 330 g/mol. The maximum absolute atomic E-state index is 11.5. The number of hydrogen-bond donors (Lipinski definition) is 3. The number of carbonyl (C=O) groups excluding carboxylic acids is 2. The van der Waals surface area contributed by atoms with Crippen molar-refractivity contribution in [1.29, 1.82) is 0 Å². The van der Waals surface area contributed by atoms with Crippen LogP contribution in [0, 0.1) is 0 Å². The molecule has 2 rings (SSSR count). The monoisotopic (exact) mass is 330 g/mol. The third-order valence-electron chi connectivity index (χ3n) is 2.22. The van der Waals surface area contributed by atoms with Gasteiger partial charge in [-0.25, -0.2) is 0 Å². The number of carbonyl (C=O) groups is 2. The number of thiol groups is 2. The van der Waals surface area contributed by atoms with Gasteiger partial charge in [-0.1, -0.05) is 61.7 Å². The number of hydrogen-bond acceptors (Lipinski definition) is 2. The third kappa shape index (κ3) is 7.59. The summed E-state index contributed by atoms with van der Waals surface area (Å²) in [5.74, 6) is 0. The first-order chi connectivity index (χ1) is 9.52. The van der Waals surface area contributed by atoms with Crippen LogP contribution >= 0.6 is 25.3 Å². The maximum Gasteiger partial charge on any atom is 1.00 e. The molecule has 2 aromatic rings. The molecule has 0 heterocycles. The van der Waals surface area contributed by atoms with Crippen LogP contribution in [0.2, 0.25) is 0 Å². The second-order valence-corrected chi connectivity index (χ2v) is 4.45. The van der Waals surface area contributed by atoms with Gasteiger partial charge in [0.2, 0.25) is 0 Å². The van der Waals surface area contributed by atoms with Gasteiger partial charge in [0, 0.05) is 11.4 Å². The van der Waals surface area contributed by atoms with Gasteiger partial charge >= 0.3 is 29.6 Å². The van der Waals surface area contributed by atoms with E-state index in [0.717, 1.165) is 11.4 Å². The zero-order valence-corrected chi connectivity index (χ0v) is 15.3. The summed E-state index contributed by atoms with van der Waals surface area (Å²) in [4.78, 5) is 22.2. The summed E-state index contributed by atoms with van der Waals surface area (Å²) in [7, 11) is 0. The van der Waals surface area contributed by atoms with Gasteiger partial charge in [0.25, 0.3) is 10.5 Å². The van der Waals surface area contributed by atoms with Crippen molar-refractivity contribution in [2.75, 3.05) is 4.90 Å². The fourth-order valence-corrected chi connectivity index (χ4v) is 1.76. The zero-order valence-electron chi connectivity index (χ0n) is 12.5. The molecule has 4 nitrogen and oxygen atoms in total. The second kappa shape index (κ2) is 10.8. The van der Waals surface area contributed by atoms with E-state index in [4.69, 9.17) is 4.79 Å². The summed E-state index contributed by atoms with van der Waals surface area (Å²) in [5.41, 5.74) is 5.96. The number of para-hydroxylation sites is 2. The first kappa shape index (κ1) is 20.1. The molecule has 0 unspecified atom stereocenters. The Morgan fingerprint density at radius 1 is 0.857 bits per heavy atom. The summed E-state index contributed by atoms with van der Waals surface area (Å²) in [6, 6.07) is 18.9. The quantitative estimate of drug-likeness (QED) is 0.568. The van der Waals surface area contributed by atoms with Crippen molar-refractivity contribution in [2.24, 2.45) is 5.73 Å². The normalized spacial score (nSPS) is 8.67. The van der Waals surface area contributed by atoms with E-state index >= 15 is 0 Å². The number of amides is 2. The Kier molecular flexibility index (Phi) is 10.3. The molecule has 2 N–H and O–H groups in total. The van der Waals surface area contributed by atoms with Gasteiger partial charge in [-0.05, 0) is 24.3 Å². The van der Waals surface area contributed by atoms with Crippen molar-refractivity contribution in [3.05, 3.63) is 60.7 Å². The van der Waals surface area contributed by atoms with Crippen molar-refractivity contribution in [3.8, 4) is 0 Å². The second-order valence-electron chi connectivity index (χ2n) is 3.63. The molecule has 7 heteroatoms. The van der Waals surface area contributed by atoms with Gasteiger partial charge in [-0.3, -0.25) is 14.5 Å². The van der Waals surface area contributed by atoms with E-state index in [1.807, 2.05) is 60.7 Å². The minimum Gasteiger partial charge on any atom is -1.00 e. The van der Waals surface area contributed by atoms with Gasteiger partial charge in [-0.2, -0.15) is 0 Å². The number of primary amides is 1. The van der Waals surface area contributed by atoms with Gasteiger partial charge < -0.3 is 7.16 Å².